The van der Waals surface area contributed by atoms with Crippen LogP contribution in [-0.4, -0.2) is 11.9 Å². The summed E-state index contributed by atoms with van der Waals surface area (Å²) in [6, 6.07) is 9.96. The van der Waals surface area contributed by atoms with Crippen molar-refractivity contribution in [3.05, 3.63) is 35.9 Å². The Balaban J connectivity index is 1.65. The second-order valence-electron chi connectivity index (χ2n) is 5.12. The van der Waals surface area contributed by atoms with Crippen molar-refractivity contribution in [2.24, 2.45) is 11.8 Å². The average Bonchev–Trinajstić information content (AvgIpc) is 2.92. The summed E-state index contributed by atoms with van der Waals surface area (Å²) < 4.78 is 0. The van der Waals surface area contributed by atoms with E-state index in [0.717, 1.165) is 17.4 Å². The van der Waals surface area contributed by atoms with Crippen LogP contribution in [0.4, 0.5) is 0 Å². The molecule has 2 saturated carbocycles. The molecule has 3 rings (SSSR count). The Kier molecular flexibility index (Phi) is 2.43. The highest BCUT2D eigenvalue weighted by Gasteiger charge is 2.40. The van der Waals surface area contributed by atoms with Gasteiger partial charge in [0.15, 0.2) is 0 Å². The summed E-state index contributed by atoms with van der Waals surface area (Å²) in [5, 5.41) is 3.19. The summed E-state index contributed by atoms with van der Waals surface area (Å²) in [6.07, 6.45) is 5.22. The van der Waals surface area contributed by atoms with Crippen molar-refractivity contribution in [2.45, 2.75) is 31.7 Å². The standard InChI is InChI=1S/C14H17NO/c16-14(11-4-2-1-3-5-11)15-13-9-10-6-7-12(13)8-10/h1-5,10,12-13H,6-9H2,(H,15,16)/t10-,12+,13+/m1/s1. The van der Waals surface area contributed by atoms with Crippen molar-refractivity contribution in [2.75, 3.05) is 0 Å². The molecule has 0 radical (unpaired) electrons. The van der Waals surface area contributed by atoms with Crippen molar-refractivity contribution < 1.29 is 4.79 Å². The summed E-state index contributed by atoms with van der Waals surface area (Å²) in [5.74, 6) is 1.72. The molecule has 1 aromatic carbocycles. The maximum atomic E-state index is 12.0. The highest BCUT2D eigenvalue weighted by atomic mass is 16.1. The lowest BCUT2D eigenvalue weighted by molar-refractivity contribution is 0.0923. The monoisotopic (exact) mass is 215 g/mol. The molecule has 1 N–H and O–H groups in total. The van der Waals surface area contributed by atoms with Crippen LogP contribution in [0.25, 0.3) is 0 Å². The SMILES string of the molecule is O=C(N[C@H]1C[C@@H]2CC[C@H]1C2)c1ccccc1. The third kappa shape index (κ3) is 1.73. The van der Waals surface area contributed by atoms with Gasteiger partial charge < -0.3 is 5.32 Å². The zero-order chi connectivity index (χ0) is 11.0. The van der Waals surface area contributed by atoms with E-state index < -0.39 is 0 Å². The number of carbonyl (C=O) groups is 1. The lowest BCUT2D eigenvalue weighted by Crippen LogP contribution is -2.38. The van der Waals surface area contributed by atoms with E-state index in [4.69, 9.17) is 0 Å². The zero-order valence-corrected chi connectivity index (χ0v) is 9.36. The van der Waals surface area contributed by atoms with Gasteiger partial charge in [0.2, 0.25) is 0 Å². The molecule has 2 fully saturated rings. The number of amides is 1. The maximum absolute atomic E-state index is 12.0. The molecule has 0 aliphatic heterocycles. The maximum Gasteiger partial charge on any atom is 0.251 e. The number of carbonyl (C=O) groups excluding carboxylic acids is 1. The largest absolute Gasteiger partial charge is 0.349 e. The van der Waals surface area contributed by atoms with Crippen LogP contribution in [-0.2, 0) is 0 Å². The van der Waals surface area contributed by atoms with E-state index in [0.29, 0.717) is 6.04 Å². The van der Waals surface area contributed by atoms with E-state index >= 15 is 0 Å². The molecule has 16 heavy (non-hydrogen) atoms. The van der Waals surface area contributed by atoms with Gasteiger partial charge in [0.25, 0.3) is 5.91 Å². The first kappa shape index (κ1) is 9.88. The molecule has 0 aromatic heterocycles. The van der Waals surface area contributed by atoms with Crippen LogP contribution in [0.2, 0.25) is 0 Å². The minimum atomic E-state index is 0.0955. The van der Waals surface area contributed by atoms with Gasteiger partial charge in [-0.05, 0) is 43.2 Å². The number of nitrogens with one attached hydrogen (secondary N) is 1. The van der Waals surface area contributed by atoms with Gasteiger partial charge in [-0.3, -0.25) is 4.79 Å². The Hall–Kier alpha value is -1.31. The Morgan fingerprint density at radius 2 is 1.94 bits per heavy atom. The minimum Gasteiger partial charge on any atom is -0.349 e. The van der Waals surface area contributed by atoms with Crippen molar-refractivity contribution in [1.82, 2.24) is 5.32 Å². The van der Waals surface area contributed by atoms with Gasteiger partial charge in [-0.2, -0.15) is 0 Å². The Morgan fingerprint density at radius 3 is 2.56 bits per heavy atom. The van der Waals surface area contributed by atoms with E-state index in [1.165, 1.54) is 25.7 Å². The third-order valence-electron chi connectivity index (χ3n) is 4.09. The Labute approximate surface area is 96.1 Å². The summed E-state index contributed by atoms with van der Waals surface area (Å²) in [4.78, 5) is 12.0. The average molecular weight is 215 g/mol. The smallest absolute Gasteiger partial charge is 0.251 e. The van der Waals surface area contributed by atoms with Gasteiger partial charge in [-0.15, -0.1) is 0 Å². The van der Waals surface area contributed by atoms with E-state index in [-0.39, 0.29) is 5.91 Å². The second kappa shape index (κ2) is 3.93. The molecular weight excluding hydrogens is 198 g/mol. The van der Waals surface area contributed by atoms with Gasteiger partial charge in [0.05, 0.1) is 0 Å². The first-order valence-corrected chi connectivity index (χ1v) is 6.19. The van der Waals surface area contributed by atoms with Crippen LogP contribution in [0.5, 0.6) is 0 Å². The molecule has 0 saturated heterocycles. The molecule has 2 aliphatic carbocycles. The quantitative estimate of drug-likeness (QED) is 0.807. The Bertz CT molecular complexity index is 387. The van der Waals surface area contributed by atoms with Crippen LogP contribution < -0.4 is 5.32 Å². The number of fused-ring (bicyclic) bond motifs is 2. The van der Waals surface area contributed by atoms with Crippen LogP contribution >= 0.6 is 0 Å². The number of hydrogen-bond acceptors (Lipinski definition) is 1. The van der Waals surface area contributed by atoms with E-state index in [2.05, 4.69) is 5.32 Å². The molecule has 2 aliphatic rings. The van der Waals surface area contributed by atoms with E-state index in [9.17, 15) is 4.79 Å². The predicted molar refractivity (Wildman–Crippen MR) is 63.1 cm³/mol. The zero-order valence-electron chi connectivity index (χ0n) is 9.36. The molecular formula is C14H17NO. The molecule has 1 amide bonds. The van der Waals surface area contributed by atoms with Gasteiger partial charge in [0, 0.05) is 11.6 Å². The fraction of sp³-hybridized carbons (Fsp3) is 0.500. The molecule has 2 nitrogen and oxygen atoms in total. The van der Waals surface area contributed by atoms with Crippen LogP contribution in [0, 0.1) is 11.8 Å². The lowest BCUT2D eigenvalue weighted by atomic mass is 9.95. The number of benzene rings is 1. The fourth-order valence-corrected chi connectivity index (χ4v) is 3.26. The van der Waals surface area contributed by atoms with Crippen molar-refractivity contribution in [3.63, 3.8) is 0 Å². The van der Waals surface area contributed by atoms with E-state index in [1.807, 2.05) is 30.3 Å². The molecule has 0 spiro atoms. The summed E-state index contributed by atoms with van der Waals surface area (Å²) in [7, 11) is 0. The number of rotatable bonds is 2. The lowest BCUT2D eigenvalue weighted by Gasteiger charge is -2.22. The van der Waals surface area contributed by atoms with Crippen LogP contribution in [0.15, 0.2) is 30.3 Å². The molecule has 2 heteroatoms. The van der Waals surface area contributed by atoms with Gasteiger partial charge >= 0.3 is 0 Å². The summed E-state index contributed by atoms with van der Waals surface area (Å²) >= 11 is 0. The van der Waals surface area contributed by atoms with Crippen molar-refractivity contribution in [1.29, 1.82) is 0 Å². The first-order valence-electron chi connectivity index (χ1n) is 6.19. The van der Waals surface area contributed by atoms with Gasteiger partial charge in [-0.25, -0.2) is 0 Å². The highest BCUT2D eigenvalue weighted by Crippen LogP contribution is 2.44. The van der Waals surface area contributed by atoms with Crippen molar-refractivity contribution >= 4 is 5.91 Å². The molecule has 3 atom stereocenters. The molecule has 0 heterocycles. The number of hydrogen-bond donors (Lipinski definition) is 1. The summed E-state index contributed by atoms with van der Waals surface area (Å²) in [5.41, 5.74) is 0.783. The van der Waals surface area contributed by atoms with E-state index in [1.54, 1.807) is 0 Å². The summed E-state index contributed by atoms with van der Waals surface area (Å²) in [6.45, 7) is 0. The molecule has 84 valence electrons. The van der Waals surface area contributed by atoms with Gasteiger partial charge in [-0.1, -0.05) is 24.6 Å². The van der Waals surface area contributed by atoms with Crippen LogP contribution in [0.1, 0.15) is 36.0 Å². The molecule has 1 aromatic rings. The minimum absolute atomic E-state index is 0.0955. The fourth-order valence-electron chi connectivity index (χ4n) is 3.26. The second-order valence-corrected chi connectivity index (χ2v) is 5.12. The topological polar surface area (TPSA) is 29.1 Å². The van der Waals surface area contributed by atoms with Gasteiger partial charge in [0.1, 0.15) is 0 Å². The van der Waals surface area contributed by atoms with Crippen molar-refractivity contribution in [3.8, 4) is 0 Å². The van der Waals surface area contributed by atoms with Crippen LogP contribution in [0.3, 0.4) is 0 Å². The molecule has 0 unspecified atom stereocenters. The highest BCUT2D eigenvalue weighted by molar-refractivity contribution is 5.94. The molecule has 2 bridgehead atoms. The third-order valence-corrected chi connectivity index (χ3v) is 4.09. The first-order chi connectivity index (χ1) is 7.83. The predicted octanol–water partition coefficient (Wildman–Crippen LogP) is 2.61. The Morgan fingerprint density at radius 1 is 1.12 bits per heavy atom. The normalized spacial score (nSPS) is 31.6.